The Morgan fingerprint density at radius 3 is 2.82 bits per heavy atom. The predicted molar refractivity (Wildman–Crippen MR) is 66.7 cm³/mol. The molecule has 2 atom stereocenters. The summed E-state index contributed by atoms with van der Waals surface area (Å²) in [6, 6.07) is 0.269. The lowest BCUT2D eigenvalue weighted by atomic mass is 9.88. The lowest BCUT2D eigenvalue weighted by Gasteiger charge is -2.20. The Morgan fingerprint density at radius 2 is 2.29 bits per heavy atom. The standard InChI is InChI=1S/C13H21N3O/c1-8(2)5-12-10(6-13(17)14-12)11-7-16(4)15-9(11)3/h7-8,10,12H,5-6H2,1-4H3,(H,14,17). The fourth-order valence-electron chi connectivity index (χ4n) is 2.75. The minimum absolute atomic E-state index is 0.170. The summed E-state index contributed by atoms with van der Waals surface area (Å²) in [5.74, 6) is 1.06. The van der Waals surface area contributed by atoms with Gasteiger partial charge in [-0.15, -0.1) is 0 Å². The van der Waals surface area contributed by atoms with Gasteiger partial charge in [0.2, 0.25) is 5.91 Å². The summed E-state index contributed by atoms with van der Waals surface area (Å²) >= 11 is 0. The molecule has 0 saturated carbocycles. The normalized spacial score (nSPS) is 24.4. The molecule has 2 rings (SSSR count). The molecule has 1 fully saturated rings. The van der Waals surface area contributed by atoms with E-state index in [1.807, 2.05) is 24.9 Å². The van der Waals surface area contributed by atoms with Crippen LogP contribution in [0.15, 0.2) is 6.20 Å². The molecule has 94 valence electrons. The number of carbonyl (C=O) groups excluding carboxylic acids is 1. The summed E-state index contributed by atoms with van der Waals surface area (Å²) in [7, 11) is 1.93. The first-order chi connectivity index (χ1) is 7.97. The van der Waals surface area contributed by atoms with Gasteiger partial charge in [-0.1, -0.05) is 13.8 Å². The van der Waals surface area contributed by atoms with Crippen molar-refractivity contribution < 1.29 is 4.79 Å². The van der Waals surface area contributed by atoms with Crippen molar-refractivity contribution in [2.75, 3.05) is 0 Å². The second kappa shape index (κ2) is 4.51. The van der Waals surface area contributed by atoms with Gasteiger partial charge in [0, 0.05) is 31.6 Å². The van der Waals surface area contributed by atoms with Gasteiger partial charge in [-0.05, 0) is 24.8 Å². The summed E-state index contributed by atoms with van der Waals surface area (Å²) in [5.41, 5.74) is 2.26. The molecule has 0 radical (unpaired) electrons. The predicted octanol–water partition coefficient (Wildman–Crippen LogP) is 1.75. The van der Waals surface area contributed by atoms with Crippen LogP contribution in [0, 0.1) is 12.8 Å². The van der Waals surface area contributed by atoms with E-state index in [-0.39, 0.29) is 11.9 Å². The highest BCUT2D eigenvalue weighted by Crippen LogP contribution is 2.33. The summed E-state index contributed by atoms with van der Waals surface area (Å²) in [4.78, 5) is 11.6. The maximum atomic E-state index is 11.6. The summed E-state index contributed by atoms with van der Waals surface area (Å²) in [6.07, 6.45) is 3.68. The first-order valence-corrected chi connectivity index (χ1v) is 6.27. The fraction of sp³-hybridized carbons (Fsp3) is 0.692. The number of aromatic nitrogens is 2. The van der Waals surface area contributed by atoms with Gasteiger partial charge in [-0.2, -0.15) is 5.10 Å². The minimum atomic E-state index is 0.170. The van der Waals surface area contributed by atoms with Crippen LogP contribution in [-0.2, 0) is 11.8 Å². The summed E-state index contributed by atoms with van der Waals surface area (Å²) < 4.78 is 1.83. The first-order valence-electron chi connectivity index (χ1n) is 6.27. The molecule has 2 unspecified atom stereocenters. The molecule has 1 aliphatic heterocycles. The van der Waals surface area contributed by atoms with Crippen LogP contribution in [0.3, 0.4) is 0 Å². The average molecular weight is 235 g/mol. The van der Waals surface area contributed by atoms with Crippen molar-refractivity contribution in [3.05, 3.63) is 17.5 Å². The Bertz CT molecular complexity index is 422. The topological polar surface area (TPSA) is 46.9 Å². The number of hydrogen-bond acceptors (Lipinski definition) is 2. The number of amides is 1. The van der Waals surface area contributed by atoms with E-state index in [9.17, 15) is 4.79 Å². The van der Waals surface area contributed by atoms with Crippen LogP contribution < -0.4 is 5.32 Å². The SMILES string of the molecule is Cc1nn(C)cc1C1CC(=O)NC1CC(C)C. The van der Waals surface area contributed by atoms with E-state index in [1.165, 1.54) is 5.56 Å². The molecule has 4 heteroatoms. The van der Waals surface area contributed by atoms with Crippen molar-refractivity contribution in [2.45, 2.75) is 45.6 Å². The highest BCUT2D eigenvalue weighted by atomic mass is 16.2. The Morgan fingerprint density at radius 1 is 1.59 bits per heavy atom. The van der Waals surface area contributed by atoms with Gasteiger partial charge >= 0.3 is 0 Å². The Kier molecular flexibility index (Phi) is 3.22. The highest BCUT2D eigenvalue weighted by molar-refractivity contribution is 5.80. The molecule has 0 spiro atoms. The van der Waals surface area contributed by atoms with Crippen LogP contribution >= 0.6 is 0 Å². The third-order valence-corrected chi connectivity index (χ3v) is 3.41. The van der Waals surface area contributed by atoms with E-state index >= 15 is 0 Å². The average Bonchev–Trinajstić information content (AvgIpc) is 2.69. The minimum Gasteiger partial charge on any atom is -0.353 e. The zero-order chi connectivity index (χ0) is 12.6. The van der Waals surface area contributed by atoms with Crippen molar-refractivity contribution in [3.8, 4) is 0 Å². The fourth-order valence-corrected chi connectivity index (χ4v) is 2.75. The molecule has 17 heavy (non-hydrogen) atoms. The largest absolute Gasteiger partial charge is 0.353 e. The lowest BCUT2D eigenvalue weighted by Crippen LogP contribution is -2.29. The molecular weight excluding hydrogens is 214 g/mol. The number of carbonyl (C=O) groups is 1. The van der Waals surface area contributed by atoms with E-state index in [2.05, 4.69) is 24.3 Å². The van der Waals surface area contributed by atoms with Gasteiger partial charge in [0.05, 0.1) is 5.69 Å². The van der Waals surface area contributed by atoms with Gasteiger partial charge < -0.3 is 5.32 Å². The molecular formula is C13H21N3O. The van der Waals surface area contributed by atoms with E-state index in [0.29, 0.717) is 18.3 Å². The quantitative estimate of drug-likeness (QED) is 0.867. The first kappa shape index (κ1) is 12.1. The maximum absolute atomic E-state index is 11.6. The van der Waals surface area contributed by atoms with E-state index in [0.717, 1.165) is 12.1 Å². The van der Waals surface area contributed by atoms with Crippen LogP contribution in [0.1, 0.15) is 43.9 Å². The third-order valence-electron chi connectivity index (χ3n) is 3.41. The number of hydrogen-bond donors (Lipinski definition) is 1. The molecule has 1 saturated heterocycles. The van der Waals surface area contributed by atoms with Crippen molar-refractivity contribution in [1.82, 2.24) is 15.1 Å². The van der Waals surface area contributed by atoms with Gasteiger partial charge in [-0.25, -0.2) is 0 Å². The zero-order valence-electron chi connectivity index (χ0n) is 11.0. The highest BCUT2D eigenvalue weighted by Gasteiger charge is 2.35. The molecule has 1 N–H and O–H groups in total. The molecule has 0 aliphatic carbocycles. The second-order valence-corrected chi connectivity index (χ2v) is 5.46. The van der Waals surface area contributed by atoms with Gasteiger partial charge in [0.25, 0.3) is 0 Å². The van der Waals surface area contributed by atoms with E-state index < -0.39 is 0 Å². The van der Waals surface area contributed by atoms with Crippen molar-refractivity contribution in [1.29, 1.82) is 0 Å². The summed E-state index contributed by atoms with van der Waals surface area (Å²) in [6.45, 7) is 6.40. The molecule has 1 aromatic heterocycles. The monoisotopic (exact) mass is 235 g/mol. The maximum Gasteiger partial charge on any atom is 0.220 e. The van der Waals surface area contributed by atoms with Crippen molar-refractivity contribution in [2.24, 2.45) is 13.0 Å². The van der Waals surface area contributed by atoms with Crippen LogP contribution in [0.5, 0.6) is 0 Å². The summed E-state index contributed by atoms with van der Waals surface area (Å²) in [5, 5.41) is 7.47. The Hall–Kier alpha value is -1.32. The van der Waals surface area contributed by atoms with Gasteiger partial charge in [0.1, 0.15) is 0 Å². The van der Waals surface area contributed by atoms with Crippen LogP contribution in [0.25, 0.3) is 0 Å². The lowest BCUT2D eigenvalue weighted by molar-refractivity contribution is -0.119. The second-order valence-electron chi connectivity index (χ2n) is 5.46. The molecule has 1 aliphatic rings. The zero-order valence-corrected chi connectivity index (χ0v) is 11.0. The number of nitrogens with zero attached hydrogens (tertiary/aromatic N) is 2. The smallest absolute Gasteiger partial charge is 0.220 e. The van der Waals surface area contributed by atoms with Crippen LogP contribution in [0.4, 0.5) is 0 Å². The molecule has 4 nitrogen and oxygen atoms in total. The van der Waals surface area contributed by atoms with E-state index in [1.54, 1.807) is 0 Å². The van der Waals surface area contributed by atoms with E-state index in [4.69, 9.17) is 0 Å². The van der Waals surface area contributed by atoms with Gasteiger partial charge in [0.15, 0.2) is 0 Å². The Labute approximate surface area is 102 Å². The van der Waals surface area contributed by atoms with Crippen molar-refractivity contribution in [3.63, 3.8) is 0 Å². The van der Waals surface area contributed by atoms with Crippen LogP contribution in [-0.4, -0.2) is 21.7 Å². The number of rotatable bonds is 3. The van der Waals surface area contributed by atoms with Crippen LogP contribution in [0.2, 0.25) is 0 Å². The third kappa shape index (κ3) is 2.51. The van der Waals surface area contributed by atoms with Gasteiger partial charge in [-0.3, -0.25) is 9.48 Å². The molecule has 1 aromatic rings. The molecule has 2 heterocycles. The number of nitrogens with one attached hydrogen (secondary N) is 1. The Balaban J connectivity index is 2.23. The molecule has 0 aromatic carbocycles. The van der Waals surface area contributed by atoms with Crippen molar-refractivity contribution >= 4 is 5.91 Å². The molecule has 0 bridgehead atoms. The number of aryl methyl sites for hydroxylation is 2. The molecule has 1 amide bonds.